The summed E-state index contributed by atoms with van der Waals surface area (Å²) in [5.74, 6) is -0.275. The molecule has 0 saturated carbocycles. The van der Waals surface area contributed by atoms with E-state index < -0.39 is 0 Å². The normalized spacial score (nSPS) is 18.9. The first-order chi connectivity index (χ1) is 6.26. The van der Waals surface area contributed by atoms with Crippen molar-refractivity contribution in [2.45, 2.75) is 6.92 Å². The number of nitrogens with zero attached hydrogens (tertiary/aromatic N) is 1. The van der Waals surface area contributed by atoms with Crippen molar-refractivity contribution >= 4 is 33.9 Å². The lowest BCUT2D eigenvalue weighted by Gasteiger charge is -1.96. The van der Waals surface area contributed by atoms with E-state index in [2.05, 4.69) is 4.99 Å². The lowest BCUT2D eigenvalue weighted by atomic mass is 10.5. The number of esters is 1. The molecule has 3 nitrogen and oxygen atoms in total. The maximum atomic E-state index is 11.0. The number of hydrogen-bond acceptors (Lipinski definition) is 5. The minimum atomic E-state index is -0.275. The molecule has 5 heteroatoms. The second-order valence-corrected chi connectivity index (χ2v) is 4.42. The molecule has 0 aliphatic carbocycles. The molecule has 0 bridgehead atoms. The zero-order valence-corrected chi connectivity index (χ0v) is 9.20. The van der Waals surface area contributed by atoms with Gasteiger partial charge in [0.2, 0.25) is 0 Å². The van der Waals surface area contributed by atoms with Crippen LogP contribution >= 0.6 is 23.5 Å². The second-order valence-electron chi connectivity index (χ2n) is 2.25. The molecule has 0 aromatic carbocycles. The van der Waals surface area contributed by atoms with Crippen LogP contribution in [0.5, 0.6) is 0 Å². The Morgan fingerprint density at radius 1 is 1.85 bits per heavy atom. The highest BCUT2D eigenvalue weighted by molar-refractivity contribution is 8.40. The molecule has 13 heavy (non-hydrogen) atoms. The number of thioether (sulfide) groups is 2. The van der Waals surface area contributed by atoms with Gasteiger partial charge in [0.25, 0.3) is 0 Å². The summed E-state index contributed by atoms with van der Waals surface area (Å²) in [6.07, 6.45) is 3.49. The zero-order valence-electron chi connectivity index (χ0n) is 7.57. The van der Waals surface area contributed by atoms with E-state index in [0.717, 1.165) is 9.28 Å². The smallest absolute Gasteiger partial charge is 0.331 e. The fourth-order valence-electron chi connectivity index (χ4n) is 0.816. The van der Waals surface area contributed by atoms with Gasteiger partial charge in [0.15, 0.2) is 0 Å². The lowest BCUT2D eigenvalue weighted by molar-refractivity contribution is -0.137. The molecule has 72 valence electrons. The number of ether oxygens (including phenoxy) is 1. The molecule has 0 aromatic rings. The van der Waals surface area contributed by atoms with Gasteiger partial charge in [-0.1, -0.05) is 11.8 Å². The molecule has 0 aromatic heterocycles. The molecule has 0 radical (unpaired) electrons. The summed E-state index contributed by atoms with van der Waals surface area (Å²) in [4.78, 5) is 16.2. The largest absolute Gasteiger partial charge is 0.463 e. The van der Waals surface area contributed by atoms with E-state index in [1.807, 2.05) is 6.26 Å². The topological polar surface area (TPSA) is 38.7 Å². The fourth-order valence-corrected chi connectivity index (χ4v) is 2.30. The van der Waals surface area contributed by atoms with Crippen molar-refractivity contribution in [3.63, 3.8) is 0 Å². The van der Waals surface area contributed by atoms with Crippen molar-refractivity contribution in [2.24, 2.45) is 4.99 Å². The summed E-state index contributed by atoms with van der Waals surface area (Å²) in [6.45, 7) is 2.82. The van der Waals surface area contributed by atoms with Crippen LogP contribution in [0.25, 0.3) is 0 Å². The standard InChI is InChI=1S/C8H11NO2S2/c1-3-11-7(10)4-6-5-9-8(12-2)13-6/h4H,3,5H2,1-2H3/b6-4+. The molecule has 1 aliphatic rings. The van der Waals surface area contributed by atoms with Crippen molar-refractivity contribution in [2.75, 3.05) is 19.4 Å². The quantitative estimate of drug-likeness (QED) is 0.523. The molecule has 0 fully saturated rings. The van der Waals surface area contributed by atoms with Crippen LogP contribution in [-0.4, -0.2) is 29.8 Å². The summed E-state index contributed by atoms with van der Waals surface area (Å²) < 4.78 is 5.80. The zero-order chi connectivity index (χ0) is 9.68. The van der Waals surface area contributed by atoms with E-state index in [1.165, 1.54) is 17.8 Å². The van der Waals surface area contributed by atoms with E-state index in [-0.39, 0.29) is 5.97 Å². The summed E-state index contributed by atoms with van der Waals surface area (Å²) in [5.41, 5.74) is 0. The summed E-state index contributed by atoms with van der Waals surface area (Å²) in [7, 11) is 0. The highest BCUT2D eigenvalue weighted by Crippen LogP contribution is 2.29. The van der Waals surface area contributed by atoms with Gasteiger partial charge in [0.1, 0.15) is 4.38 Å². The van der Waals surface area contributed by atoms with Crippen LogP contribution in [0.1, 0.15) is 6.92 Å². The predicted octanol–water partition coefficient (Wildman–Crippen LogP) is 1.90. The van der Waals surface area contributed by atoms with Crippen LogP contribution in [0.2, 0.25) is 0 Å². The molecule has 0 unspecified atom stereocenters. The van der Waals surface area contributed by atoms with E-state index in [9.17, 15) is 4.79 Å². The number of aliphatic imine (C=N–C) groups is 1. The molecule has 0 N–H and O–H groups in total. The highest BCUT2D eigenvalue weighted by atomic mass is 32.2. The van der Waals surface area contributed by atoms with Crippen LogP contribution in [0, 0.1) is 0 Å². The average molecular weight is 217 g/mol. The Morgan fingerprint density at radius 3 is 3.15 bits per heavy atom. The van der Waals surface area contributed by atoms with Gasteiger partial charge in [-0.3, -0.25) is 4.99 Å². The van der Waals surface area contributed by atoms with Crippen LogP contribution < -0.4 is 0 Å². The highest BCUT2D eigenvalue weighted by Gasteiger charge is 2.13. The van der Waals surface area contributed by atoms with Gasteiger partial charge in [-0.15, -0.1) is 11.8 Å². The molecule has 0 amide bonds. The minimum Gasteiger partial charge on any atom is -0.463 e. The Bertz CT molecular complexity index is 261. The van der Waals surface area contributed by atoms with Gasteiger partial charge in [0.05, 0.1) is 13.2 Å². The molecule has 0 spiro atoms. The van der Waals surface area contributed by atoms with Crippen molar-refractivity contribution < 1.29 is 9.53 Å². The van der Waals surface area contributed by atoms with Crippen LogP contribution in [0.4, 0.5) is 0 Å². The van der Waals surface area contributed by atoms with E-state index in [4.69, 9.17) is 4.74 Å². The van der Waals surface area contributed by atoms with Gasteiger partial charge in [-0.25, -0.2) is 4.79 Å². The van der Waals surface area contributed by atoms with Crippen molar-refractivity contribution in [3.05, 3.63) is 11.0 Å². The summed E-state index contributed by atoms with van der Waals surface area (Å²) in [5, 5.41) is 0. The first kappa shape index (κ1) is 10.7. The van der Waals surface area contributed by atoms with Gasteiger partial charge < -0.3 is 4.74 Å². The molecule has 1 aliphatic heterocycles. The summed E-state index contributed by atoms with van der Waals surface area (Å²) in [6, 6.07) is 0. The molecular weight excluding hydrogens is 206 g/mol. The Morgan fingerprint density at radius 2 is 2.62 bits per heavy atom. The number of carbonyl (C=O) groups excluding carboxylic acids is 1. The second kappa shape index (κ2) is 5.34. The Balaban J connectivity index is 2.44. The molecule has 1 rings (SSSR count). The molecule has 0 atom stereocenters. The van der Waals surface area contributed by atoms with Gasteiger partial charge in [-0.05, 0) is 13.2 Å². The minimum absolute atomic E-state index is 0.275. The van der Waals surface area contributed by atoms with Gasteiger partial charge >= 0.3 is 5.97 Å². The maximum absolute atomic E-state index is 11.0. The monoisotopic (exact) mass is 217 g/mol. The third-order valence-electron chi connectivity index (χ3n) is 1.32. The first-order valence-corrected chi connectivity index (χ1v) is 5.94. The van der Waals surface area contributed by atoms with Gasteiger partial charge in [0, 0.05) is 11.0 Å². The predicted molar refractivity (Wildman–Crippen MR) is 58.1 cm³/mol. The average Bonchev–Trinajstić information content (AvgIpc) is 2.52. The van der Waals surface area contributed by atoms with E-state index in [1.54, 1.807) is 18.7 Å². The van der Waals surface area contributed by atoms with Crippen molar-refractivity contribution in [3.8, 4) is 0 Å². The van der Waals surface area contributed by atoms with Crippen LogP contribution in [0.3, 0.4) is 0 Å². The summed E-state index contributed by atoms with van der Waals surface area (Å²) >= 11 is 3.13. The van der Waals surface area contributed by atoms with Crippen LogP contribution in [0.15, 0.2) is 16.0 Å². The van der Waals surface area contributed by atoms with Crippen molar-refractivity contribution in [1.29, 1.82) is 0 Å². The van der Waals surface area contributed by atoms with Crippen LogP contribution in [-0.2, 0) is 9.53 Å². The number of carbonyl (C=O) groups is 1. The Labute approximate surface area is 86.0 Å². The first-order valence-electron chi connectivity index (χ1n) is 3.90. The third-order valence-corrected chi connectivity index (χ3v) is 3.36. The van der Waals surface area contributed by atoms with E-state index in [0.29, 0.717) is 13.2 Å². The molecule has 1 heterocycles. The fraction of sp³-hybridized carbons (Fsp3) is 0.500. The Kier molecular flexibility index (Phi) is 4.38. The van der Waals surface area contributed by atoms with E-state index >= 15 is 0 Å². The molecular formula is C8H11NO2S2. The third kappa shape index (κ3) is 3.44. The van der Waals surface area contributed by atoms with Gasteiger partial charge in [-0.2, -0.15) is 0 Å². The lowest BCUT2D eigenvalue weighted by Crippen LogP contribution is -2.00. The SMILES string of the molecule is CCOC(=O)/C=C1\CN=C(SC)S1. The number of rotatable bonds is 2. The number of hydrogen-bond donors (Lipinski definition) is 0. The molecule has 0 saturated heterocycles. The Hall–Kier alpha value is -0.420. The maximum Gasteiger partial charge on any atom is 0.331 e. The van der Waals surface area contributed by atoms with Crippen molar-refractivity contribution in [1.82, 2.24) is 0 Å².